The van der Waals surface area contributed by atoms with Crippen LogP contribution in [0.4, 0.5) is 0 Å². The Morgan fingerprint density at radius 1 is 1.33 bits per heavy atom. The van der Waals surface area contributed by atoms with Gasteiger partial charge in [-0.25, -0.2) is 0 Å². The summed E-state index contributed by atoms with van der Waals surface area (Å²) in [5, 5.41) is 6.40. The number of carbonyl (C=O) groups is 1. The largest absolute Gasteiger partial charge is 0.352 e. The van der Waals surface area contributed by atoms with E-state index in [1.165, 1.54) is 16.7 Å². The molecule has 0 aliphatic heterocycles. The van der Waals surface area contributed by atoms with Crippen molar-refractivity contribution in [2.75, 3.05) is 6.54 Å². The number of benzene rings is 1. The fourth-order valence-corrected chi connectivity index (χ4v) is 2.66. The van der Waals surface area contributed by atoms with E-state index in [0.29, 0.717) is 18.6 Å². The number of hydrogen-bond donors (Lipinski definition) is 2. The SMILES string of the molecule is Cc1ccc2c(c1)C(NCC(=O)NC1CC1)CC2. The van der Waals surface area contributed by atoms with Crippen molar-refractivity contribution in [3.8, 4) is 0 Å². The normalized spacial score (nSPS) is 21.7. The monoisotopic (exact) mass is 244 g/mol. The first-order valence-electron chi connectivity index (χ1n) is 6.84. The van der Waals surface area contributed by atoms with E-state index in [9.17, 15) is 4.79 Å². The van der Waals surface area contributed by atoms with Crippen LogP contribution in [0.1, 0.15) is 42.0 Å². The third-order valence-electron chi connectivity index (χ3n) is 3.83. The summed E-state index contributed by atoms with van der Waals surface area (Å²) in [6.45, 7) is 2.56. The molecule has 0 saturated heterocycles. The highest BCUT2D eigenvalue weighted by Gasteiger charge is 2.25. The number of carbonyl (C=O) groups excluding carboxylic acids is 1. The highest BCUT2D eigenvalue weighted by Crippen LogP contribution is 2.31. The van der Waals surface area contributed by atoms with E-state index < -0.39 is 0 Å². The lowest BCUT2D eigenvalue weighted by Crippen LogP contribution is -2.36. The first-order valence-corrected chi connectivity index (χ1v) is 6.84. The van der Waals surface area contributed by atoms with Gasteiger partial charge in [-0.3, -0.25) is 4.79 Å². The number of rotatable bonds is 4. The average Bonchev–Trinajstić information content (AvgIpc) is 3.06. The quantitative estimate of drug-likeness (QED) is 0.848. The molecule has 2 aliphatic rings. The van der Waals surface area contributed by atoms with Gasteiger partial charge < -0.3 is 10.6 Å². The van der Waals surface area contributed by atoms with E-state index in [4.69, 9.17) is 0 Å². The van der Waals surface area contributed by atoms with Gasteiger partial charge in [-0.05, 0) is 43.7 Å². The predicted molar refractivity (Wildman–Crippen MR) is 71.4 cm³/mol. The van der Waals surface area contributed by atoms with Crippen LogP contribution in [0.2, 0.25) is 0 Å². The van der Waals surface area contributed by atoms with Crippen LogP contribution in [0.3, 0.4) is 0 Å². The Morgan fingerprint density at radius 3 is 2.94 bits per heavy atom. The van der Waals surface area contributed by atoms with Crippen LogP contribution in [0.25, 0.3) is 0 Å². The summed E-state index contributed by atoms with van der Waals surface area (Å²) in [5.41, 5.74) is 4.11. The lowest BCUT2D eigenvalue weighted by molar-refractivity contribution is -0.120. The van der Waals surface area contributed by atoms with Gasteiger partial charge in [0.1, 0.15) is 0 Å². The van der Waals surface area contributed by atoms with E-state index in [0.717, 1.165) is 25.7 Å². The molecule has 2 N–H and O–H groups in total. The summed E-state index contributed by atoms with van der Waals surface area (Å²) in [6, 6.07) is 7.44. The molecule has 0 heterocycles. The standard InChI is InChI=1S/C15H20N2O/c1-10-2-3-11-4-7-14(13(11)8-10)16-9-15(18)17-12-5-6-12/h2-3,8,12,14,16H,4-7,9H2,1H3,(H,17,18). The summed E-state index contributed by atoms with van der Waals surface area (Å²) in [4.78, 5) is 11.7. The van der Waals surface area contributed by atoms with Crippen molar-refractivity contribution in [3.63, 3.8) is 0 Å². The summed E-state index contributed by atoms with van der Waals surface area (Å²) in [7, 11) is 0. The Hall–Kier alpha value is -1.35. The van der Waals surface area contributed by atoms with Crippen molar-refractivity contribution in [1.82, 2.24) is 10.6 Å². The third-order valence-corrected chi connectivity index (χ3v) is 3.83. The number of fused-ring (bicyclic) bond motifs is 1. The van der Waals surface area contributed by atoms with Gasteiger partial charge in [0, 0.05) is 12.1 Å². The van der Waals surface area contributed by atoms with Gasteiger partial charge in [0.25, 0.3) is 0 Å². The van der Waals surface area contributed by atoms with Crippen LogP contribution < -0.4 is 10.6 Å². The molecule has 3 nitrogen and oxygen atoms in total. The van der Waals surface area contributed by atoms with E-state index in [1.807, 2.05) is 0 Å². The van der Waals surface area contributed by atoms with E-state index in [-0.39, 0.29) is 5.91 Å². The maximum absolute atomic E-state index is 11.7. The molecular formula is C15H20N2O. The third kappa shape index (κ3) is 2.56. The van der Waals surface area contributed by atoms with E-state index >= 15 is 0 Å². The number of hydrogen-bond acceptors (Lipinski definition) is 2. The minimum absolute atomic E-state index is 0.138. The molecule has 1 atom stereocenters. The lowest BCUT2D eigenvalue weighted by Gasteiger charge is -2.14. The minimum atomic E-state index is 0.138. The highest BCUT2D eigenvalue weighted by atomic mass is 16.2. The zero-order valence-electron chi connectivity index (χ0n) is 10.8. The molecule has 18 heavy (non-hydrogen) atoms. The smallest absolute Gasteiger partial charge is 0.234 e. The molecule has 1 aromatic rings. The first-order chi connectivity index (χ1) is 8.72. The van der Waals surface area contributed by atoms with Crippen molar-refractivity contribution < 1.29 is 4.79 Å². The second kappa shape index (κ2) is 4.73. The summed E-state index contributed by atoms with van der Waals surface area (Å²) in [5.74, 6) is 0.138. The van der Waals surface area contributed by atoms with E-state index in [1.54, 1.807) is 0 Å². The Labute approximate surface area is 108 Å². The van der Waals surface area contributed by atoms with Crippen LogP contribution in [0, 0.1) is 6.92 Å². The lowest BCUT2D eigenvalue weighted by atomic mass is 10.1. The maximum Gasteiger partial charge on any atom is 0.234 e. The van der Waals surface area contributed by atoms with Gasteiger partial charge in [-0.15, -0.1) is 0 Å². The minimum Gasteiger partial charge on any atom is -0.352 e. The van der Waals surface area contributed by atoms with Gasteiger partial charge in [0.05, 0.1) is 6.54 Å². The highest BCUT2D eigenvalue weighted by molar-refractivity contribution is 5.78. The zero-order chi connectivity index (χ0) is 12.5. The molecule has 1 amide bonds. The predicted octanol–water partition coefficient (Wildman–Crippen LogP) is 1.85. The molecule has 0 spiro atoms. The van der Waals surface area contributed by atoms with Crippen LogP contribution in [0.5, 0.6) is 0 Å². The fourth-order valence-electron chi connectivity index (χ4n) is 2.66. The van der Waals surface area contributed by atoms with Crippen LogP contribution in [-0.2, 0) is 11.2 Å². The number of aryl methyl sites for hydroxylation is 2. The van der Waals surface area contributed by atoms with Crippen molar-refractivity contribution in [1.29, 1.82) is 0 Å². The van der Waals surface area contributed by atoms with Crippen molar-refractivity contribution in [2.24, 2.45) is 0 Å². The average molecular weight is 244 g/mol. The molecule has 0 aromatic heterocycles. The van der Waals surface area contributed by atoms with Gasteiger partial charge >= 0.3 is 0 Å². The van der Waals surface area contributed by atoms with Gasteiger partial charge in [0.2, 0.25) is 5.91 Å². The van der Waals surface area contributed by atoms with Crippen LogP contribution >= 0.6 is 0 Å². The second-order valence-electron chi connectivity index (χ2n) is 5.52. The molecule has 1 unspecified atom stereocenters. The van der Waals surface area contributed by atoms with Crippen molar-refractivity contribution in [3.05, 3.63) is 34.9 Å². The molecule has 0 bridgehead atoms. The zero-order valence-corrected chi connectivity index (χ0v) is 10.8. The molecule has 3 heteroatoms. The fraction of sp³-hybridized carbons (Fsp3) is 0.533. The molecule has 96 valence electrons. The molecule has 1 saturated carbocycles. The first kappa shape index (κ1) is 11.7. The van der Waals surface area contributed by atoms with E-state index in [2.05, 4.69) is 35.8 Å². The summed E-state index contributed by atoms with van der Waals surface area (Å²) in [6.07, 6.45) is 4.53. The van der Waals surface area contributed by atoms with Crippen molar-refractivity contribution in [2.45, 2.75) is 44.7 Å². The molecule has 1 aromatic carbocycles. The second-order valence-corrected chi connectivity index (χ2v) is 5.52. The molecular weight excluding hydrogens is 224 g/mol. The summed E-state index contributed by atoms with van der Waals surface area (Å²) < 4.78 is 0. The van der Waals surface area contributed by atoms with Gasteiger partial charge in [-0.1, -0.05) is 23.8 Å². The Balaban J connectivity index is 1.58. The molecule has 0 radical (unpaired) electrons. The van der Waals surface area contributed by atoms with Gasteiger partial charge in [0.15, 0.2) is 0 Å². The Bertz CT molecular complexity index is 466. The number of amides is 1. The van der Waals surface area contributed by atoms with Crippen LogP contribution in [-0.4, -0.2) is 18.5 Å². The van der Waals surface area contributed by atoms with Crippen molar-refractivity contribution >= 4 is 5.91 Å². The van der Waals surface area contributed by atoms with Crippen LogP contribution in [0.15, 0.2) is 18.2 Å². The Morgan fingerprint density at radius 2 is 2.17 bits per heavy atom. The molecule has 1 fully saturated rings. The topological polar surface area (TPSA) is 41.1 Å². The maximum atomic E-state index is 11.7. The Kier molecular flexibility index (Phi) is 3.08. The molecule has 3 rings (SSSR count). The molecule has 2 aliphatic carbocycles. The van der Waals surface area contributed by atoms with Gasteiger partial charge in [-0.2, -0.15) is 0 Å². The number of nitrogens with one attached hydrogen (secondary N) is 2. The summed E-state index contributed by atoms with van der Waals surface area (Å²) >= 11 is 0.